The van der Waals surface area contributed by atoms with Gasteiger partial charge in [0.2, 0.25) is 6.79 Å². The van der Waals surface area contributed by atoms with Gasteiger partial charge in [0, 0.05) is 19.4 Å². The summed E-state index contributed by atoms with van der Waals surface area (Å²) in [5, 5.41) is 0. The second-order valence-electron chi connectivity index (χ2n) is 6.17. The van der Waals surface area contributed by atoms with Gasteiger partial charge in [-0.15, -0.1) is 0 Å². The lowest BCUT2D eigenvalue weighted by Crippen LogP contribution is -2.17. The predicted octanol–water partition coefficient (Wildman–Crippen LogP) is 2.24. The van der Waals surface area contributed by atoms with E-state index in [1.165, 1.54) is 6.92 Å². The number of carbonyl (C=O) groups is 2. The Kier molecular flexibility index (Phi) is 6.18. The average molecular weight is 370 g/mol. The lowest BCUT2D eigenvalue weighted by atomic mass is 10.0. The molecule has 0 saturated heterocycles. The number of hydrogen-bond acceptors (Lipinski definition) is 7. The number of aryl methyl sites for hydroxylation is 1. The van der Waals surface area contributed by atoms with Gasteiger partial charge in [0.05, 0.1) is 0 Å². The normalized spacial score (nSPS) is 14.2. The molecule has 0 unspecified atom stereocenters. The molecule has 0 heterocycles. The molecule has 0 spiro atoms. The molecule has 0 bridgehead atoms. The molecule has 0 atom stereocenters. The lowest BCUT2D eigenvalue weighted by Gasteiger charge is -2.16. The summed E-state index contributed by atoms with van der Waals surface area (Å²) in [7, 11) is -4.17. The number of carbonyl (C=O) groups excluding carboxylic acids is 2. The molecule has 1 aromatic rings. The Hall–Kier alpha value is -1.93. The number of rotatable bonds is 8. The van der Waals surface area contributed by atoms with Gasteiger partial charge in [-0.25, -0.2) is 4.18 Å². The molecular weight excluding hydrogens is 348 g/mol. The second kappa shape index (κ2) is 7.97. The van der Waals surface area contributed by atoms with Gasteiger partial charge in [0.25, 0.3) is 0 Å². The Morgan fingerprint density at radius 1 is 1.08 bits per heavy atom. The fraction of sp³-hybridized carbons (Fsp3) is 0.529. The van der Waals surface area contributed by atoms with E-state index in [0.717, 1.165) is 25.3 Å². The van der Waals surface area contributed by atoms with Crippen LogP contribution in [0.3, 0.4) is 0 Å². The molecule has 0 N–H and O–H groups in total. The summed E-state index contributed by atoms with van der Waals surface area (Å²) < 4.78 is 39.7. The van der Waals surface area contributed by atoms with Crippen LogP contribution in [0, 0.1) is 12.8 Å². The molecule has 2 rings (SSSR count). The second-order valence-corrected chi connectivity index (χ2v) is 7.72. The van der Waals surface area contributed by atoms with Crippen molar-refractivity contribution in [3.05, 3.63) is 28.8 Å². The van der Waals surface area contributed by atoms with Gasteiger partial charge in [0.15, 0.2) is 0 Å². The van der Waals surface area contributed by atoms with Gasteiger partial charge in [-0.1, -0.05) is 17.7 Å². The molecule has 1 saturated carbocycles. The SMILES string of the molecule is CC(=O)OCOS(=O)(=O)c1c(COC(C)=O)cc(C)cc1CC1CC1. The van der Waals surface area contributed by atoms with Crippen LogP contribution >= 0.6 is 0 Å². The molecule has 0 aliphatic heterocycles. The molecule has 1 fully saturated rings. The maximum absolute atomic E-state index is 12.7. The van der Waals surface area contributed by atoms with Crippen LogP contribution in [0.25, 0.3) is 0 Å². The predicted molar refractivity (Wildman–Crippen MR) is 88.0 cm³/mol. The van der Waals surface area contributed by atoms with E-state index >= 15 is 0 Å². The van der Waals surface area contributed by atoms with E-state index in [9.17, 15) is 18.0 Å². The first-order valence-corrected chi connectivity index (χ1v) is 9.38. The Labute approximate surface area is 147 Å². The van der Waals surface area contributed by atoms with Crippen molar-refractivity contribution in [1.82, 2.24) is 0 Å². The van der Waals surface area contributed by atoms with Gasteiger partial charge in [-0.3, -0.25) is 9.59 Å². The summed E-state index contributed by atoms with van der Waals surface area (Å²) in [5.74, 6) is -0.697. The van der Waals surface area contributed by atoms with E-state index in [2.05, 4.69) is 4.74 Å². The van der Waals surface area contributed by atoms with Crippen LogP contribution in [0.2, 0.25) is 0 Å². The Balaban J connectivity index is 2.38. The first-order chi connectivity index (χ1) is 11.7. The monoisotopic (exact) mass is 370 g/mol. The molecule has 25 heavy (non-hydrogen) atoms. The zero-order valence-corrected chi connectivity index (χ0v) is 15.4. The Morgan fingerprint density at radius 2 is 1.68 bits per heavy atom. The molecule has 0 radical (unpaired) electrons. The quantitative estimate of drug-likeness (QED) is 0.393. The van der Waals surface area contributed by atoms with Gasteiger partial charge in [-0.05, 0) is 37.7 Å². The number of hydrogen-bond donors (Lipinski definition) is 0. The largest absolute Gasteiger partial charge is 0.461 e. The zero-order valence-electron chi connectivity index (χ0n) is 14.5. The number of ether oxygens (including phenoxy) is 2. The molecule has 8 heteroatoms. The van der Waals surface area contributed by atoms with Crippen molar-refractivity contribution in [1.29, 1.82) is 0 Å². The smallest absolute Gasteiger partial charge is 0.304 e. The summed E-state index contributed by atoms with van der Waals surface area (Å²) in [6.07, 6.45) is 2.72. The highest BCUT2D eigenvalue weighted by Crippen LogP contribution is 2.36. The van der Waals surface area contributed by atoms with Crippen LogP contribution in [-0.4, -0.2) is 27.1 Å². The molecule has 0 amide bonds. The Bertz CT molecular complexity index is 763. The van der Waals surface area contributed by atoms with Crippen LogP contribution in [-0.2, 0) is 46.4 Å². The molecule has 1 aliphatic rings. The minimum absolute atomic E-state index is 0.00148. The highest BCUT2D eigenvalue weighted by Gasteiger charge is 2.29. The van der Waals surface area contributed by atoms with E-state index in [1.54, 1.807) is 12.1 Å². The third-order valence-corrected chi connectivity index (χ3v) is 5.17. The van der Waals surface area contributed by atoms with Crippen LogP contribution in [0.5, 0.6) is 0 Å². The fourth-order valence-corrected chi connectivity index (χ4v) is 3.75. The van der Waals surface area contributed by atoms with Crippen molar-refractivity contribution in [3.8, 4) is 0 Å². The summed E-state index contributed by atoms with van der Waals surface area (Å²) in [6.45, 7) is 3.41. The molecule has 138 valence electrons. The maximum atomic E-state index is 12.7. The van der Waals surface area contributed by atoms with Crippen molar-refractivity contribution in [2.75, 3.05) is 6.79 Å². The molecular formula is C17H22O7S. The van der Waals surface area contributed by atoms with Crippen LogP contribution in [0.4, 0.5) is 0 Å². The summed E-state index contributed by atoms with van der Waals surface area (Å²) in [6, 6.07) is 3.46. The summed E-state index contributed by atoms with van der Waals surface area (Å²) in [4.78, 5) is 21.9. The van der Waals surface area contributed by atoms with Gasteiger partial charge in [0.1, 0.15) is 11.5 Å². The number of esters is 2. The standard InChI is InChI=1S/C17H22O7S/c1-11-6-15(8-14-4-5-14)17(16(7-11)9-22-12(2)18)25(20,21)24-10-23-13(3)19/h6-7,14H,4-5,8-10H2,1-3H3. The topological polar surface area (TPSA) is 96.0 Å². The van der Waals surface area contributed by atoms with Crippen LogP contribution in [0.15, 0.2) is 17.0 Å². The maximum Gasteiger partial charge on any atom is 0.304 e. The van der Waals surface area contributed by atoms with Gasteiger partial charge in [-0.2, -0.15) is 8.42 Å². The van der Waals surface area contributed by atoms with Gasteiger partial charge >= 0.3 is 22.1 Å². The fourth-order valence-electron chi connectivity index (χ4n) is 2.55. The minimum atomic E-state index is -4.17. The van der Waals surface area contributed by atoms with Crippen molar-refractivity contribution in [2.45, 2.75) is 51.5 Å². The van der Waals surface area contributed by atoms with Crippen molar-refractivity contribution in [3.63, 3.8) is 0 Å². The van der Waals surface area contributed by atoms with E-state index in [4.69, 9.17) is 8.92 Å². The van der Waals surface area contributed by atoms with Gasteiger partial charge < -0.3 is 9.47 Å². The van der Waals surface area contributed by atoms with E-state index in [1.807, 2.05) is 6.92 Å². The lowest BCUT2D eigenvalue weighted by molar-refractivity contribution is -0.147. The number of benzene rings is 1. The van der Waals surface area contributed by atoms with E-state index in [0.29, 0.717) is 23.5 Å². The molecule has 0 aromatic heterocycles. The Morgan fingerprint density at radius 3 is 2.24 bits per heavy atom. The van der Waals surface area contributed by atoms with Crippen molar-refractivity contribution < 1.29 is 31.7 Å². The summed E-state index contributed by atoms with van der Waals surface area (Å²) >= 11 is 0. The molecule has 7 nitrogen and oxygen atoms in total. The average Bonchev–Trinajstić information content (AvgIpc) is 3.27. The van der Waals surface area contributed by atoms with Crippen molar-refractivity contribution >= 4 is 22.1 Å². The van der Waals surface area contributed by atoms with E-state index in [-0.39, 0.29) is 11.5 Å². The summed E-state index contributed by atoms with van der Waals surface area (Å²) in [5.41, 5.74) is 1.86. The molecule has 1 aliphatic carbocycles. The highest BCUT2D eigenvalue weighted by atomic mass is 32.2. The minimum Gasteiger partial charge on any atom is -0.461 e. The van der Waals surface area contributed by atoms with E-state index < -0.39 is 28.8 Å². The third kappa shape index (κ3) is 5.82. The zero-order chi connectivity index (χ0) is 18.6. The first kappa shape index (κ1) is 19.4. The third-order valence-electron chi connectivity index (χ3n) is 3.74. The van der Waals surface area contributed by atoms with Crippen molar-refractivity contribution in [2.24, 2.45) is 5.92 Å². The highest BCUT2D eigenvalue weighted by molar-refractivity contribution is 7.86. The first-order valence-electron chi connectivity index (χ1n) is 7.97. The van der Waals surface area contributed by atoms with Crippen LogP contribution in [0.1, 0.15) is 43.4 Å². The van der Waals surface area contributed by atoms with Crippen LogP contribution < -0.4 is 0 Å². The molecule has 1 aromatic carbocycles.